The van der Waals surface area contributed by atoms with Gasteiger partial charge >= 0.3 is 12.1 Å². The normalized spacial score (nSPS) is 11.6. The van der Waals surface area contributed by atoms with Crippen LogP contribution in [0.1, 0.15) is 20.3 Å². The molecule has 5 nitrogen and oxygen atoms in total. The van der Waals surface area contributed by atoms with Crippen molar-refractivity contribution in [2.75, 3.05) is 13.7 Å². The van der Waals surface area contributed by atoms with Crippen molar-refractivity contribution >= 4 is 12.1 Å². The fraction of sp³-hybridized carbons (Fsp3) is 0.750. The van der Waals surface area contributed by atoms with Gasteiger partial charge in [0.05, 0.1) is 0 Å². The Labute approximate surface area is 77.4 Å². The summed E-state index contributed by atoms with van der Waals surface area (Å²) in [5.41, 5.74) is 0. The molecule has 1 N–H and O–H groups in total. The van der Waals surface area contributed by atoms with E-state index in [9.17, 15) is 9.59 Å². The number of nitrogens with one attached hydrogen (secondary N) is 1. The van der Waals surface area contributed by atoms with E-state index < -0.39 is 12.2 Å². The number of amides is 1. The SMILES string of the molecule is CCC(=O)OC(C)COC(=O)NC. The average Bonchev–Trinajstić information content (AvgIpc) is 2.13. The van der Waals surface area contributed by atoms with E-state index in [0.717, 1.165) is 0 Å². The zero-order valence-corrected chi connectivity index (χ0v) is 8.12. The molecule has 0 aromatic heterocycles. The minimum absolute atomic E-state index is 0.0748. The number of hydrogen-bond acceptors (Lipinski definition) is 4. The molecule has 0 saturated carbocycles. The molecule has 5 heteroatoms. The zero-order valence-electron chi connectivity index (χ0n) is 8.12. The van der Waals surface area contributed by atoms with Gasteiger partial charge in [-0.25, -0.2) is 4.79 Å². The molecule has 1 atom stereocenters. The van der Waals surface area contributed by atoms with Gasteiger partial charge < -0.3 is 14.8 Å². The van der Waals surface area contributed by atoms with E-state index in [1.54, 1.807) is 13.8 Å². The lowest BCUT2D eigenvalue weighted by atomic mass is 10.4. The quantitative estimate of drug-likeness (QED) is 0.660. The third-order valence-corrected chi connectivity index (χ3v) is 1.27. The molecule has 0 aliphatic heterocycles. The highest BCUT2D eigenvalue weighted by atomic mass is 16.6. The fourth-order valence-electron chi connectivity index (χ4n) is 0.607. The van der Waals surface area contributed by atoms with Gasteiger partial charge in [0.2, 0.25) is 0 Å². The first-order chi connectivity index (χ1) is 6.10. The molecule has 0 heterocycles. The lowest BCUT2D eigenvalue weighted by molar-refractivity contribution is -0.149. The molecule has 13 heavy (non-hydrogen) atoms. The van der Waals surface area contributed by atoms with Gasteiger partial charge in [0.1, 0.15) is 12.7 Å². The Morgan fingerprint density at radius 3 is 2.54 bits per heavy atom. The van der Waals surface area contributed by atoms with Crippen LogP contribution in [0.2, 0.25) is 0 Å². The Hall–Kier alpha value is -1.26. The third-order valence-electron chi connectivity index (χ3n) is 1.27. The summed E-state index contributed by atoms with van der Waals surface area (Å²) >= 11 is 0. The maximum Gasteiger partial charge on any atom is 0.406 e. The lowest BCUT2D eigenvalue weighted by Gasteiger charge is -2.12. The molecule has 1 unspecified atom stereocenters. The van der Waals surface area contributed by atoms with Gasteiger partial charge in [-0.2, -0.15) is 0 Å². The lowest BCUT2D eigenvalue weighted by Crippen LogP contribution is -2.26. The van der Waals surface area contributed by atoms with Crippen molar-refractivity contribution in [2.45, 2.75) is 26.4 Å². The summed E-state index contributed by atoms with van der Waals surface area (Å²) < 4.78 is 9.52. The van der Waals surface area contributed by atoms with Gasteiger partial charge in [0, 0.05) is 13.5 Å². The largest absolute Gasteiger partial charge is 0.459 e. The second kappa shape index (κ2) is 6.28. The van der Waals surface area contributed by atoms with Crippen LogP contribution in [0.5, 0.6) is 0 Å². The second-order valence-electron chi connectivity index (χ2n) is 2.50. The van der Waals surface area contributed by atoms with Crippen LogP contribution in [0.4, 0.5) is 4.79 Å². The predicted octanol–water partition coefficient (Wildman–Crippen LogP) is 0.684. The number of carbonyl (C=O) groups is 2. The highest BCUT2D eigenvalue weighted by molar-refractivity contribution is 5.69. The van der Waals surface area contributed by atoms with Crippen LogP contribution in [0.3, 0.4) is 0 Å². The van der Waals surface area contributed by atoms with Crippen LogP contribution in [-0.2, 0) is 14.3 Å². The van der Waals surface area contributed by atoms with E-state index in [0.29, 0.717) is 6.42 Å². The monoisotopic (exact) mass is 189 g/mol. The van der Waals surface area contributed by atoms with Crippen molar-refractivity contribution in [2.24, 2.45) is 0 Å². The summed E-state index contributed by atoms with van der Waals surface area (Å²) in [5.74, 6) is -0.298. The summed E-state index contributed by atoms with van der Waals surface area (Å²) in [6.07, 6.45) is -0.603. The molecule has 1 amide bonds. The number of rotatable bonds is 4. The van der Waals surface area contributed by atoms with E-state index in [1.807, 2.05) is 0 Å². The van der Waals surface area contributed by atoms with Crippen molar-refractivity contribution in [1.29, 1.82) is 0 Å². The number of carbonyl (C=O) groups excluding carboxylic acids is 2. The van der Waals surface area contributed by atoms with Crippen molar-refractivity contribution < 1.29 is 19.1 Å². The minimum Gasteiger partial charge on any atom is -0.459 e. The van der Waals surface area contributed by atoms with Crippen molar-refractivity contribution in [3.63, 3.8) is 0 Å². The maximum atomic E-state index is 10.8. The topological polar surface area (TPSA) is 64.6 Å². The summed E-state index contributed by atoms with van der Waals surface area (Å²) in [7, 11) is 1.46. The fourth-order valence-corrected chi connectivity index (χ4v) is 0.607. The molecule has 0 radical (unpaired) electrons. The average molecular weight is 189 g/mol. The van der Waals surface area contributed by atoms with E-state index >= 15 is 0 Å². The molecule has 76 valence electrons. The summed E-state index contributed by atoms with van der Waals surface area (Å²) in [6.45, 7) is 3.44. The Kier molecular flexibility index (Phi) is 5.67. The van der Waals surface area contributed by atoms with Crippen LogP contribution >= 0.6 is 0 Å². The van der Waals surface area contributed by atoms with Gasteiger partial charge in [0.15, 0.2) is 0 Å². The Bertz CT molecular complexity index is 181. The first-order valence-electron chi connectivity index (χ1n) is 4.14. The van der Waals surface area contributed by atoms with Crippen LogP contribution in [-0.4, -0.2) is 31.8 Å². The molecule has 0 aliphatic rings. The second-order valence-corrected chi connectivity index (χ2v) is 2.50. The van der Waals surface area contributed by atoms with Gasteiger partial charge in [0.25, 0.3) is 0 Å². The third kappa shape index (κ3) is 5.95. The molecule has 0 aliphatic carbocycles. The Morgan fingerprint density at radius 2 is 2.08 bits per heavy atom. The molecule has 0 spiro atoms. The molecule has 0 aromatic carbocycles. The van der Waals surface area contributed by atoms with Crippen LogP contribution in [0.15, 0.2) is 0 Å². The van der Waals surface area contributed by atoms with Crippen LogP contribution < -0.4 is 5.32 Å². The smallest absolute Gasteiger partial charge is 0.406 e. The van der Waals surface area contributed by atoms with Crippen LogP contribution in [0.25, 0.3) is 0 Å². The molecule has 0 saturated heterocycles. The molecular weight excluding hydrogens is 174 g/mol. The summed E-state index contributed by atoms with van der Waals surface area (Å²) in [4.78, 5) is 21.4. The minimum atomic E-state index is -0.528. The van der Waals surface area contributed by atoms with Gasteiger partial charge in [-0.3, -0.25) is 4.79 Å². The van der Waals surface area contributed by atoms with E-state index in [4.69, 9.17) is 4.74 Å². The van der Waals surface area contributed by atoms with Gasteiger partial charge in [-0.05, 0) is 6.92 Å². The standard InChI is InChI=1S/C8H15NO4/c1-4-7(10)13-6(2)5-12-8(11)9-3/h6H,4-5H2,1-3H3,(H,9,11). The number of hydrogen-bond donors (Lipinski definition) is 1. The molecule has 0 aromatic rings. The zero-order chi connectivity index (χ0) is 10.3. The van der Waals surface area contributed by atoms with Crippen molar-refractivity contribution in [3.8, 4) is 0 Å². The first-order valence-corrected chi connectivity index (χ1v) is 4.14. The van der Waals surface area contributed by atoms with Gasteiger partial charge in [-0.15, -0.1) is 0 Å². The van der Waals surface area contributed by atoms with E-state index in [1.165, 1.54) is 7.05 Å². The maximum absolute atomic E-state index is 10.8. The highest BCUT2D eigenvalue weighted by Crippen LogP contribution is 1.95. The van der Waals surface area contributed by atoms with E-state index in [-0.39, 0.29) is 12.6 Å². The Balaban J connectivity index is 3.56. The number of ether oxygens (including phenoxy) is 2. The molecule has 0 fully saturated rings. The van der Waals surface area contributed by atoms with E-state index in [2.05, 4.69) is 10.1 Å². The van der Waals surface area contributed by atoms with Crippen LogP contribution in [0, 0.1) is 0 Å². The number of esters is 1. The predicted molar refractivity (Wildman–Crippen MR) is 46.3 cm³/mol. The summed E-state index contributed by atoms with van der Waals surface area (Å²) in [6, 6.07) is 0. The summed E-state index contributed by atoms with van der Waals surface area (Å²) in [5, 5.41) is 2.29. The molecule has 0 rings (SSSR count). The van der Waals surface area contributed by atoms with Crippen molar-refractivity contribution in [3.05, 3.63) is 0 Å². The Morgan fingerprint density at radius 1 is 1.46 bits per heavy atom. The molecular formula is C8H15NO4. The van der Waals surface area contributed by atoms with Gasteiger partial charge in [-0.1, -0.05) is 6.92 Å². The first kappa shape index (κ1) is 11.7. The molecule has 0 bridgehead atoms. The highest BCUT2D eigenvalue weighted by Gasteiger charge is 2.09. The number of alkyl carbamates (subject to hydrolysis) is 1. The van der Waals surface area contributed by atoms with Crippen molar-refractivity contribution in [1.82, 2.24) is 5.32 Å².